The average Bonchev–Trinajstić information content (AvgIpc) is 2.50. The van der Waals surface area contributed by atoms with Crippen LogP contribution < -0.4 is 0 Å². The molecule has 0 radical (unpaired) electrons. The number of carbonyl (C=O) groups is 1. The van der Waals surface area contributed by atoms with Gasteiger partial charge in [-0.3, -0.25) is 10.1 Å². The zero-order valence-electron chi connectivity index (χ0n) is 11.2. The van der Waals surface area contributed by atoms with Gasteiger partial charge in [-0.15, -0.1) is 0 Å². The Bertz CT molecular complexity index is 646. The fourth-order valence-electron chi connectivity index (χ4n) is 1.66. The summed E-state index contributed by atoms with van der Waals surface area (Å²) in [5.74, 6) is -2.28. The van der Waals surface area contributed by atoms with Gasteiger partial charge in [0.1, 0.15) is 17.5 Å². The molecule has 1 aromatic carbocycles. The van der Waals surface area contributed by atoms with Gasteiger partial charge < -0.3 is 14.9 Å². The van der Waals surface area contributed by atoms with E-state index in [0.717, 1.165) is 7.11 Å². The highest BCUT2D eigenvalue weighted by atomic mass is 19.1. The molecule has 2 atom stereocenters. The lowest BCUT2D eigenvalue weighted by atomic mass is 10.0. The molecule has 0 spiro atoms. The van der Waals surface area contributed by atoms with E-state index in [0.29, 0.717) is 12.1 Å². The van der Waals surface area contributed by atoms with E-state index in [2.05, 4.69) is 14.8 Å². The van der Waals surface area contributed by atoms with Gasteiger partial charge in [-0.05, 0) is 11.6 Å². The molecule has 0 saturated heterocycles. The predicted octanol–water partition coefficient (Wildman–Crippen LogP) is 1.23. The highest BCUT2D eigenvalue weighted by Crippen LogP contribution is 2.29. The molecule has 0 aliphatic rings. The molecule has 10 nitrogen and oxygen atoms in total. The van der Waals surface area contributed by atoms with Crippen LogP contribution in [0.3, 0.4) is 0 Å². The smallest absolute Gasteiger partial charge is 0.344 e. The molecule has 0 aliphatic carbocycles. The van der Waals surface area contributed by atoms with Crippen LogP contribution in [0.2, 0.25) is 0 Å². The SMILES string of the molecule is COC(=O)c1cc(F)c(C(O)C(O)CN=[N+]=[N-])cc1[N+](=O)[O-]. The molecule has 2 unspecified atom stereocenters. The van der Waals surface area contributed by atoms with Gasteiger partial charge in [0.15, 0.2) is 0 Å². The molecular formula is C11H11FN4O6. The normalized spacial score (nSPS) is 12.9. The molecule has 2 N–H and O–H groups in total. The van der Waals surface area contributed by atoms with Crippen molar-refractivity contribution < 1.29 is 29.1 Å². The Kier molecular flexibility index (Phi) is 5.75. The van der Waals surface area contributed by atoms with Gasteiger partial charge in [0.05, 0.1) is 24.7 Å². The van der Waals surface area contributed by atoms with Crippen LogP contribution >= 0.6 is 0 Å². The highest BCUT2D eigenvalue weighted by Gasteiger charge is 2.29. The second kappa shape index (κ2) is 7.31. The molecule has 118 valence electrons. The number of methoxy groups -OCH3 is 1. The number of esters is 1. The van der Waals surface area contributed by atoms with Crippen molar-refractivity contribution in [1.29, 1.82) is 0 Å². The molecule has 0 amide bonds. The molecule has 0 aromatic heterocycles. The maximum absolute atomic E-state index is 13.9. The van der Waals surface area contributed by atoms with E-state index in [1.165, 1.54) is 0 Å². The van der Waals surface area contributed by atoms with E-state index in [-0.39, 0.29) is 0 Å². The standard InChI is InChI=1S/C11H11FN4O6/c1-22-11(19)6-2-7(12)5(3-8(6)16(20)21)10(18)9(17)4-14-15-13/h2-3,9-10,17-18H,4H2,1H3. The molecule has 1 aromatic rings. The molecule has 11 heteroatoms. The Hall–Kier alpha value is -2.75. The highest BCUT2D eigenvalue weighted by molar-refractivity contribution is 5.94. The summed E-state index contributed by atoms with van der Waals surface area (Å²) in [7, 11) is 0.969. The maximum atomic E-state index is 13.9. The van der Waals surface area contributed by atoms with Gasteiger partial charge in [0.2, 0.25) is 0 Å². The van der Waals surface area contributed by atoms with Crippen LogP contribution in [0.4, 0.5) is 10.1 Å². The van der Waals surface area contributed by atoms with Gasteiger partial charge in [-0.25, -0.2) is 9.18 Å². The Morgan fingerprint density at radius 3 is 2.73 bits per heavy atom. The van der Waals surface area contributed by atoms with Crippen LogP contribution in [-0.4, -0.2) is 40.9 Å². The molecular weight excluding hydrogens is 303 g/mol. The summed E-state index contributed by atoms with van der Waals surface area (Å²) in [6.45, 7) is -0.566. The van der Waals surface area contributed by atoms with E-state index in [1.807, 2.05) is 0 Å². The van der Waals surface area contributed by atoms with Crippen molar-refractivity contribution in [3.63, 3.8) is 0 Å². The number of aliphatic hydroxyl groups excluding tert-OH is 2. The van der Waals surface area contributed by atoms with Crippen molar-refractivity contribution >= 4 is 11.7 Å². The molecule has 0 bridgehead atoms. The molecule has 0 fully saturated rings. The number of halogens is 1. The first-order chi connectivity index (χ1) is 10.3. The van der Waals surface area contributed by atoms with Crippen LogP contribution in [0.15, 0.2) is 17.2 Å². The average molecular weight is 314 g/mol. The first kappa shape index (κ1) is 17.3. The van der Waals surface area contributed by atoms with E-state index in [4.69, 9.17) is 5.53 Å². The molecule has 0 aliphatic heterocycles. The van der Waals surface area contributed by atoms with E-state index < -0.39 is 52.3 Å². The van der Waals surface area contributed by atoms with E-state index in [9.17, 15) is 29.5 Å². The van der Waals surface area contributed by atoms with Crippen LogP contribution in [0.25, 0.3) is 10.4 Å². The third-order valence-electron chi connectivity index (χ3n) is 2.73. The lowest BCUT2D eigenvalue weighted by Gasteiger charge is -2.17. The van der Waals surface area contributed by atoms with E-state index in [1.54, 1.807) is 0 Å². The number of aliphatic hydroxyl groups is 2. The van der Waals surface area contributed by atoms with Gasteiger partial charge >= 0.3 is 5.97 Å². The second-order valence-electron chi connectivity index (χ2n) is 4.07. The van der Waals surface area contributed by atoms with Crippen molar-refractivity contribution in [2.24, 2.45) is 5.11 Å². The lowest BCUT2D eigenvalue weighted by molar-refractivity contribution is -0.385. The summed E-state index contributed by atoms with van der Waals surface area (Å²) >= 11 is 0. The Morgan fingerprint density at radius 1 is 1.59 bits per heavy atom. The number of nitro benzene ring substituents is 1. The molecule has 0 heterocycles. The molecule has 1 rings (SSSR count). The van der Waals surface area contributed by atoms with Gasteiger partial charge in [-0.2, -0.15) is 0 Å². The van der Waals surface area contributed by atoms with Gasteiger partial charge in [0, 0.05) is 16.5 Å². The third-order valence-corrected chi connectivity index (χ3v) is 2.73. The second-order valence-corrected chi connectivity index (χ2v) is 4.07. The third kappa shape index (κ3) is 3.67. The van der Waals surface area contributed by atoms with Crippen molar-refractivity contribution in [3.05, 3.63) is 49.6 Å². The maximum Gasteiger partial charge on any atom is 0.344 e. The van der Waals surface area contributed by atoms with Crippen LogP contribution in [0, 0.1) is 15.9 Å². The number of hydrogen-bond donors (Lipinski definition) is 2. The Labute approximate surface area is 122 Å². The lowest BCUT2D eigenvalue weighted by Crippen LogP contribution is -2.22. The Balaban J connectivity index is 3.32. The minimum absolute atomic E-state index is 0.531. The monoisotopic (exact) mass is 314 g/mol. The number of carbonyl (C=O) groups excluding carboxylic acids is 1. The van der Waals surface area contributed by atoms with Crippen molar-refractivity contribution in [2.75, 3.05) is 13.7 Å². The molecule has 0 saturated carbocycles. The van der Waals surface area contributed by atoms with Crippen LogP contribution in [0.5, 0.6) is 0 Å². The van der Waals surface area contributed by atoms with Crippen LogP contribution in [-0.2, 0) is 4.74 Å². The van der Waals surface area contributed by atoms with Gasteiger partial charge in [0.25, 0.3) is 5.69 Å². The van der Waals surface area contributed by atoms with Crippen molar-refractivity contribution in [1.82, 2.24) is 0 Å². The summed E-state index contributed by atoms with van der Waals surface area (Å²) in [6, 6.07) is 1.15. The Morgan fingerprint density at radius 2 is 2.23 bits per heavy atom. The number of nitro groups is 1. The number of nitrogens with zero attached hydrogens (tertiary/aromatic N) is 4. The summed E-state index contributed by atoms with van der Waals surface area (Å²) in [5, 5.41) is 33.3. The quantitative estimate of drug-likeness (QED) is 0.200. The number of hydrogen-bond acceptors (Lipinski definition) is 7. The summed E-state index contributed by atoms with van der Waals surface area (Å²) in [6.07, 6.45) is -3.55. The first-order valence-corrected chi connectivity index (χ1v) is 5.76. The minimum Gasteiger partial charge on any atom is -0.465 e. The summed E-state index contributed by atoms with van der Waals surface area (Å²) < 4.78 is 18.2. The zero-order valence-corrected chi connectivity index (χ0v) is 11.2. The number of benzene rings is 1. The largest absolute Gasteiger partial charge is 0.465 e. The number of ether oxygens (including phenoxy) is 1. The predicted molar refractivity (Wildman–Crippen MR) is 69.4 cm³/mol. The topological polar surface area (TPSA) is 159 Å². The van der Waals surface area contributed by atoms with E-state index >= 15 is 0 Å². The fraction of sp³-hybridized carbons (Fsp3) is 0.364. The number of rotatable bonds is 6. The summed E-state index contributed by atoms with van der Waals surface area (Å²) in [4.78, 5) is 23.7. The number of azide groups is 1. The zero-order chi connectivity index (χ0) is 16.9. The van der Waals surface area contributed by atoms with Crippen molar-refractivity contribution in [3.8, 4) is 0 Å². The van der Waals surface area contributed by atoms with Crippen molar-refractivity contribution in [2.45, 2.75) is 12.2 Å². The van der Waals surface area contributed by atoms with Crippen LogP contribution in [0.1, 0.15) is 22.0 Å². The minimum atomic E-state index is -1.88. The fourth-order valence-corrected chi connectivity index (χ4v) is 1.66. The van der Waals surface area contributed by atoms with Gasteiger partial charge in [-0.1, -0.05) is 5.11 Å². The first-order valence-electron chi connectivity index (χ1n) is 5.76. The summed E-state index contributed by atoms with van der Waals surface area (Å²) in [5.41, 5.74) is 6.08. The molecule has 22 heavy (non-hydrogen) atoms.